The first-order valence-electron chi connectivity index (χ1n) is 10.6. The van der Waals surface area contributed by atoms with Crippen LogP contribution in [-0.4, -0.2) is 65.5 Å². The van der Waals surface area contributed by atoms with Gasteiger partial charge in [0, 0.05) is 43.9 Å². The van der Waals surface area contributed by atoms with E-state index in [1.54, 1.807) is 26.4 Å². The normalized spacial score (nSPS) is 14.6. The highest BCUT2D eigenvalue weighted by Gasteiger charge is 2.20. The molecule has 0 radical (unpaired) electrons. The van der Waals surface area contributed by atoms with Crippen LogP contribution in [0.2, 0.25) is 5.02 Å². The first-order valence-corrected chi connectivity index (χ1v) is 11.4. The van der Waals surface area contributed by atoms with Crippen molar-refractivity contribution in [3.63, 3.8) is 0 Å². The molecule has 3 aromatic rings. The van der Waals surface area contributed by atoms with Crippen molar-refractivity contribution in [3.05, 3.63) is 53.3 Å². The van der Waals surface area contributed by atoms with Gasteiger partial charge in [-0.1, -0.05) is 35.0 Å². The number of thiocarbonyl (C=S) groups is 1. The average Bonchev–Trinajstić information content (AvgIpc) is 3.17. The number of aromatic nitrogens is 2. The maximum absolute atomic E-state index is 6.21. The predicted molar refractivity (Wildman–Crippen MR) is 132 cm³/mol. The molecule has 2 aromatic carbocycles. The Labute approximate surface area is 203 Å². The van der Waals surface area contributed by atoms with Crippen LogP contribution >= 0.6 is 23.8 Å². The molecular weight excluding hydrogens is 462 g/mol. The van der Waals surface area contributed by atoms with Crippen LogP contribution in [0.4, 0.5) is 5.69 Å². The van der Waals surface area contributed by atoms with Gasteiger partial charge in [-0.05, 0) is 30.8 Å². The molecule has 1 aliphatic heterocycles. The lowest BCUT2D eigenvalue weighted by Crippen LogP contribution is -2.37. The van der Waals surface area contributed by atoms with E-state index in [9.17, 15) is 0 Å². The average molecular weight is 488 g/mol. The van der Waals surface area contributed by atoms with Crippen LogP contribution in [0.1, 0.15) is 12.2 Å². The van der Waals surface area contributed by atoms with E-state index in [1.807, 2.05) is 30.3 Å². The van der Waals surface area contributed by atoms with E-state index in [0.717, 1.165) is 38.2 Å². The van der Waals surface area contributed by atoms with Gasteiger partial charge in [0.25, 0.3) is 5.89 Å². The fourth-order valence-corrected chi connectivity index (χ4v) is 4.22. The molecule has 8 nitrogen and oxygen atoms in total. The third-order valence-electron chi connectivity index (χ3n) is 5.45. The van der Waals surface area contributed by atoms with Crippen molar-refractivity contribution in [3.8, 4) is 23.0 Å². The minimum Gasteiger partial charge on any atom is -0.495 e. The quantitative estimate of drug-likeness (QED) is 0.511. The van der Waals surface area contributed by atoms with Gasteiger partial charge in [0.05, 0.1) is 31.5 Å². The molecule has 2 heterocycles. The summed E-state index contributed by atoms with van der Waals surface area (Å²) in [5.41, 5.74) is 1.63. The standard InChI is InChI=1S/C23H26ClN5O3S/c1-30-19-14-18(20(31-2)13-17(19)24)25-23(33)29-10-6-9-28(11-12-29)15-21-26-22(32-27-21)16-7-4-3-5-8-16/h3-5,7-8,13-14H,6,9-12,15H2,1-2H3,(H,25,33). The minimum atomic E-state index is 0.480. The second-order valence-electron chi connectivity index (χ2n) is 7.62. The summed E-state index contributed by atoms with van der Waals surface area (Å²) in [4.78, 5) is 9.02. The first kappa shape index (κ1) is 23.3. The number of hydrogen-bond acceptors (Lipinski definition) is 7. The fraction of sp³-hybridized carbons (Fsp3) is 0.348. The number of anilines is 1. The number of benzene rings is 2. The van der Waals surface area contributed by atoms with Gasteiger partial charge in [0.1, 0.15) is 11.5 Å². The Morgan fingerprint density at radius 3 is 2.64 bits per heavy atom. The van der Waals surface area contributed by atoms with E-state index in [-0.39, 0.29) is 0 Å². The molecule has 10 heteroatoms. The van der Waals surface area contributed by atoms with Crippen molar-refractivity contribution in [2.24, 2.45) is 0 Å². The van der Waals surface area contributed by atoms with Crippen LogP contribution in [0.5, 0.6) is 11.5 Å². The Morgan fingerprint density at radius 2 is 1.88 bits per heavy atom. The molecule has 1 N–H and O–H groups in total. The van der Waals surface area contributed by atoms with Crippen LogP contribution in [0.25, 0.3) is 11.5 Å². The van der Waals surface area contributed by atoms with Gasteiger partial charge < -0.3 is 24.2 Å². The van der Waals surface area contributed by atoms with Crippen LogP contribution < -0.4 is 14.8 Å². The number of halogens is 1. The van der Waals surface area contributed by atoms with Gasteiger partial charge in [-0.3, -0.25) is 4.90 Å². The summed E-state index contributed by atoms with van der Waals surface area (Å²) in [6, 6.07) is 13.3. The molecule has 0 aliphatic carbocycles. The molecule has 0 saturated carbocycles. The number of hydrogen-bond donors (Lipinski definition) is 1. The lowest BCUT2D eigenvalue weighted by molar-refractivity contribution is 0.266. The predicted octanol–water partition coefficient (Wildman–Crippen LogP) is 4.31. The Kier molecular flexibility index (Phi) is 7.64. The van der Waals surface area contributed by atoms with E-state index in [1.165, 1.54) is 0 Å². The van der Waals surface area contributed by atoms with Crippen LogP contribution in [0.15, 0.2) is 47.0 Å². The van der Waals surface area contributed by atoms with Crippen LogP contribution in [0.3, 0.4) is 0 Å². The Bertz CT molecular complexity index is 1090. The lowest BCUT2D eigenvalue weighted by Gasteiger charge is -2.25. The van der Waals surface area contributed by atoms with Gasteiger partial charge in [-0.2, -0.15) is 4.98 Å². The monoisotopic (exact) mass is 487 g/mol. The number of nitrogens with zero attached hydrogens (tertiary/aromatic N) is 4. The van der Waals surface area contributed by atoms with Gasteiger partial charge in [0.15, 0.2) is 10.9 Å². The molecule has 0 unspecified atom stereocenters. The summed E-state index contributed by atoms with van der Waals surface area (Å²) >= 11 is 11.9. The Balaban J connectivity index is 1.36. The molecule has 1 aromatic heterocycles. The summed E-state index contributed by atoms with van der Waals surface area (Å²) in [5.74, 6) is 2.38. The van der Waals surface area contributed by atoms with Gasteiger partial charge >= 0.3 is 0 Å². The Hall–Kier alpha value is -2.88. The van der Waals surface area contributed by atoms with E-state index in [2.05, 4.69) is 25.3 Å². The summed E-state index contributed by atoms with van der Waals surface area (Å²) in [6.45, 7) is 4.01. The molecule has 1 aliphatic rings. The summed E-state index contributed by atoms with van der Waals surface area (Å²) in [7, 11) is 3.17. The number of rotatable bonds is 6. The molecule has 4 rings (SSSR count). The molecule has 174 valence electrons. The van der Waals surface area contributed by atoms with Crippen molar-refractivity contribution in [1.82, 2.24) is 19.9 Å². The maximum Gasteiger partial charge on any atom is 0.257 e. The first-order chi connectivity index (χ1) is 16.1. The molecule has 33 heavy (non-hydrogen) atoms. The van der Waals surface area contributed by atoms with Crippen molar-refractivity contribution in [2.45, 2.75) is 13.0 Å². The van der Waals surface area contributed by atoms with E-state index in [4.69, 9.17) is 37.8 Å². The zero-order valence-corrected chi connectivity index (χ0v) is 20.2. The highest BCUT2D eigenvalue weighted by atomic mass is 35.5. The molecule has 0 atom stereocenters. The molecule has 1 saturated heterocycles. The number of methoxy groups -OCH3 is 2. The van der Waals surface area contributed by atoms with Gasteiger partial charge in [-0.25, -0.2) is 0 Å². The van der Waals surface area contributed by atoms with Crippen molar-refractivity contribution in [2.75, 3.05) is 45.7 Å². The third kappa shape index (κ3) is 5.73. The second-order valence-corrected chi connectivity index (χ2v) is 8.41. The van der Waals surface area contributed by atoms with E-state index < -0.39 is 0 Å². The fourth-order valence-electron chi connectivity index (χ4n) is 3.70. The summed E-state index contributed by atoms with van der Waals surface area (Å²) < 4.78 is 16.2. The zero-order valence-electron chi connectivity index (χ0n) is 18.6. The number of nitrogens with one attached hydrogen (secondary N) is 1. The second kappa shape index (κ2) is 10.8. The van der Waals surface area contributed by atoms with Gasteiger partial charge in [0.2, 0.25) is 0 Å². The third-order valence-corrected chi connectivity index (χ3v) is 6.10. The Morgan fingerprint density at radius 1 is 1.09 bits per heavy atom. The van der Waals surface area contributed by atoms with Crippen molar-refractivity contribution >= 4 is 34.6 Å². The SMILES string of the molecule is COc1cc(NC(=S)N2CCCN(Cc3noc(-c4ccccc4)n3)CC2)c(OC)cc1Cl. The van der Waals surface area contributed by atoms with E-state index >= 15 is 0 Å². The van der Waals surface area contributed by atoms with Crippen molar-refractivity contribution < 1.29 is 14.0 Å². The maximum atomic E-state index is 6.21. The summed E-state index contributed by atoms with van der Waals surface area (Å²) in [5, 5.41) is 8.55. The molecule has 0 spiro atoms. The number of ether oxygens (including phenoxy) is 2. The van der Waals surface area contributed by atoms with Crippen LogP contribution in [-0.2, 0) is 6.54 Å². The van der Waals surface area contributed by atoms with E-state index in [0.29, 0.717) is 45.6 Å². The lowest BCUT2D eigenvalue weighted by atomic mass is 10.2. The highest BCUT2D eigenvalue weighted by molar-refractivity contribution is 7.80. The topological polar surface area (TPSA) is 75.9 Å². The van der Waals surface area contributed by atoms with Crippen molar-refractivity contribution in [1.29, 1.82) is 0 Å². The van der Waals surface area contributed by atoms with Crippen LogP contribution in [0, 0.1) is 0 Å². The molecule has 0 bridgehead atoms. The minimum absolute atomic E-state index is 0.480. The largest absolute Gasteiger partial charge is 0.495 e. The summed E-state index contributed by atoms with van der Waals surface area (Å²) in [6.07, 6.45) is 0.965. The molecule has 1 fully saturated rings. The smallest absolute Gasteiger partial charge is 0.257 e. The zero-order chi connectivity index (χ0) is 23.2. The molecule has 0 amide bonds. The van der Waals surface area contributed by atoms with Gasteiger partial charge in [-0.15, -0.1) is 0 Å². The molecular formula is C23H26ClN5O3S. The highest BCUT2D eigenvalue weighted by Crippen LogP contribution is 2.36.